The normalized spacial score (nSPS) is 10.9. The fourth-order valence-corrected chi connectivity index (χ4v) is 4.69. The van der Waals surface area contributed by atoms with Gasteiger partial charge < -0.3 is 19.4 Å². The van der Waals surface area contributed by atoms with Gasteiger partial charge in [0.2, 0.25) is 5.88 Å². The van der Waals surface area contributed by atoms with Crippen LogP contribution in [0, 0.1) is 12.1 Å². The molecule has 0 fully saturated rings. The van der Waals surface area contributed by atoms with E-state index in [1.165, 1.54) is 0 Å². The topological polar surface area (TPSA) is 47.5 Å². The summed E-state index contributed by atoms with van der Waals surface area (Å²) in [6, 6.07) is 46.5. The van der Waals surface area contributed by atoms with Gasteiger partial charge in [0.25, 0.3) is 0 Å². The summed E-state index contributed by atoms with van der Waals surface area (Å²) in [5.41, 5.74) is 5.56. The van der Waals surface area contributed by atoms with Crippen molar-refractivity contribution < 1.29 is 29.9 Å². The van der Waals surface area contributed by atoms with E-state index in [2.05, 4.69) is 72.0 Å². The van der Waals surface area contributed by atoms with Crippen molar-refractivity contribution in [1.82, 2.24) is 9.97 Å². The molecule has 6 aromatic rings. The van der Waals surface area contributed by atoms with Gasteiger partial charge in [-0.1, -0.05) is 87.1 Å². The second-order valence-electron chi connectivity index (χ2n) is 11.1. The first-order chi connectivity index (χ1) is 20.9. The summed E-state index contributed by atoms with van der Waals surface area (Å²) < 4.78 is 12.7. The van der Waals surface area contributed by atoms with E-state index in [-0.39, 0.29) is 25.8 Å². The molecule has 0 N–H and O–H groups in total. The molecule has 0 radical (unpaired) electrons. The van der Waals surface area contributed by atoms with E-state index in [9.17, 15) is 0 Å². The van der Waals surface area contributed by atoms with E-state index in [1.54, 1.807) is 12.4 Å². The van der Waals surface area contributed by atoms with E-state index in [1.807, 2.05) is 97.1 Å². The van der Waals surface area contributed by atoms with E-state index >= 15 is 0 Å². The molecular weight excluding hydrogens is 637 g/mol. The Labute approximate surface area is 272 Å². The maximum atomic E-state index is 6.39. The van der Waals surface area contributed by atoms with Gasteiger partial charge in [-0.2, -0.15) is 0 Å². The molecule has 2 aromatic heterocycles. The maximum Gasteiger partial charge on any atom is 2.00 e. The summed E-state index contributed by atoms with van der Waals surface area (Å²) in [6.45, 7) is 6.49. The van der Waals surface area contributed by atoms with Gasteiger partial charge in [0.1, 0.15) is 0 Å². The Bertz CT molecular complexity index is 1770. The van der Waals surface area contributed by atoms with Gasteiger partial charge in [-0.05, 0) is 53.1 Å². The molecule has 220 valence electrons. The number of ether oxygens (including phenoxy) is 2. The first kappa shape index (κ1) is 30.7. The first-order valence-corrected chi connectivity index (χ1v) is 14.2. The zero-order valence-electron chi connectivity index (χ0n) is 24.7. The Morgan fingerprint density at radius 2 is 1.23 bits per heavy atom. The molecule has 0 aliphatic heterocycles. The third-order valence-corrected chi connectivity index (χ3v) is 6.84. The number of para-hydroxylation sites is 2. The molecule has 0 unspecified atom stereocenters. The van der Waals surface area contributed by atoms with Crippen LogP contribution in [0.4, 0.5) is 17.1 Å². The van der Waals surface area contributed by atoms with Crippen LogP contribution in [0.5, 0.6) is 23.1 Å². The SMILES string of the molecule is CC(C)(C)c1ccnc(Oc2[c-]c(Oc3[c-]c(-c4ccccn4)ccc3)cc(N(c3ccccc3)c3ccccc3)c2)c1.[Pd+2]. The molecule has 0 bridgehead atoms. The molecule has 0 aliphatic carbocycles. The van der Waals surface area contributed by atoms with Crippen molar-refractivity contribution in [3.05, 3.63) is 151 Å². The largest absolute Gasteiger partial charge is 2.00 e. The van der Waals surface area contributed by atoms with E-state index in [4.69, 9.17) is 9.47 Å². The molecule has 6 rings (SSSR count). The number of hydrogen-bond donors (Lipinski definition) is 0. The number of anilines is 3. The van der Waals surface area contributed by atoms with E-state index in [0.29, 0.717) is 23.1 Å². The quantitative estimate of drug-likeness (QED) is 0.119. The van der Waals surface area contributed by atoms with Gasteiger partial charge in [0.15, 0.2) is 0 Å². The molecular formula is C38H31N3O2Pd. The van der Waals surface area contributed by atoms with Crippen LogP contribution in [0.1, 0.15) is 26.3 Å². The molecule has 6 heteroatoms. The van der Waals surface area contributed by atoms with Gasteiger partial charge in [-0.15, -0.1) is 35.9 Å². The summed E-state index contributed by atoms with van der Waals surface area (Å²) in [7, 11) is 0. The van der Waals surface area contributed by atoms with Crippen molar-refractivity contribution in [3.63, 3.8) is 0 Å². The van der Waals surface area contributed by atoms with Crippen LogP contribution >= 0.6 is 0 Å². The number of nitrogens with zero attached hydrogens (tertiary/aromatic N) is 3. The summed E-state index contributed by atoms with van der Waals surface area (Å²) in [5, 5.41) is 0. The average Bonchev–Trinajstić information content (AvgIpc) is 3.02. The van der Waals surface area contributed by atoms with Crippen LogP contribution in [-0.2, 0) is 25.8 Å². The zero-order valence-corrected chi connectivity index (χ0v) is 26.2. The van der Waals surface area contributed by atoms with E-state index < -0.39 is 0 Å². The summed E-state index contributed by atoms with van der Waals surface area (Å²) in [5.74, 6) is 1.98. The van der Waals surface area contributed by atoms with Crippen LogP contribution in [0.15, 0.2) is 134 Å². The molecule has 0 saturated carbocycles. The van der Waals surface area contributed by atoms with Crippen molar-refractivity contribution in [2.75, 3.05) is 4.90 Å². The molecule has 0 amide bonds. The van der Waals surface area contributed by atoms with Gasteiger partial charge in [-0.25, -0.2) is 4.98 Å². The average molecular weight is 668 g/mol. The van der Waals surface area contributed by atoms with Crippen molar-refractivity contribution >= 4 is 17.1 Å². The van der Waals surface area contributed by atoms with Gasteiger partial charge in [0.05, 0.1) is 0 Å². The summed E-state index contributed by atoms with van der Waals surface area (Å²) in [4.78, 5) is 11.1. The number of aromatic nitrogens is 2. The predicted octanol–water partition coefficient (Wildman–Crippen LogP) is 10.1. The number of hydrogen-bond acceptors (Lipinski definition) is 5. The smallest absolute Gasteiger partial charge is 0.503 e. The Morgan fingerprint density at radius 1 is 0.568 bits per heavy atom. The zero-order chi connectivity index (χ0) is 29.6. The van der Waals surface area contributed by atoms with Crippen LogP contribution in [0.2, 0.25) is 0 Å². The molecule has 2 heterocycles. The van der Waals surface area contributed by atoms with Crippen molar-refractivity contribution in [1.29, 1.82) is 0 Å². The van der Waals surface area contributed by atoms with E-state index in [0.717, 1.165) is 33.9 Å². The Kier molecular flexibility index (Phi) is 9.55. The number of benzene rings is 4. The number of rotatable bonds is 8. The second kappa shape index (κ2) is 13.7. The minimum atomic E-state index is -0.0488. The molecule has 4 aromatic carbocycles. The Balaban J connectivity index is 0.00000384. The molecule has 0 aliphatic rings. The van der Waals surface area contributed by atoms with Crippen LogP contribution < -0.4 is 14.4 Å². The maximum absolute atomic E-state index is 6.39. The number of pyridine rings is 2. The Hall–Kier alpha value is -4.76. The van der Waals surface area contributed by atoms with Crippen LogP contribution in [0.3, 0.4) is 0 Å². The first-order valence-electron chi connectivity index (χ1n) is 14.2. The third-order valence-electron chi connectivity index (χ3n) is 6.84. The molecule has 0 spiro atoms. The fraction of sp³-hybridized carbons (Fsp3) is 0.105. The summed E-state index contributed by atoms with van der Waals surface area (Å²) >= 11 is 0. The van der Waals surface area contributed by atoms with Crippen molar-refractivity contribution in [2.24, 2.45) is 0 Å². The van der Waals surface area contributed by atoms with Crippen LogP contribution in [0.25, 0.3) is 11.3 Å². The molecule has 0 saturated heterocycles. The molecule has 5 nitrogen and oxygen atoms in total. The monoisotopic (exact) mass is 667 g/mol. The summed E-state index contributed by atoms with van der Waals surface area (Å²) in [6.07, 6.45) is 3.54. The van der Waals surface area contributed by atoms with Crippen molar-refractivity contribution in [2.45, 2.75) is 26.2 Å². The van der Waals surface area contributed by atoms with Crippen LogP contribution in [-0.4, -0.2) is 9.97 Å². The minimum absolute atomic E-state index is 0. The van der Waals surface area contributed by atoms with Gasteiger partial charge >= 0.3 is 20.4 Å². The molecule has 44 heavy (non-hydrogen) atoms. The molecule has 0 atom stereocenters. The standard InChI is InChI=1S/C38H31N3O2.Pd/c1-38(2,3)29-20-22-40-37(24-29)43-35-26-32(41(30-14-6-4-7-15-30)31-16-8-5-9-17-31)25-34(27-35)42-33-18-12-13-28(23-33)36-19-10-11-21-39-36;/h4-22,24-26H,1-3H3;/q-2;+2. The van der Waals surface area contributed by atoms with Gasteiger partial charge in [-0.3, -0.25) is 0 Å². The predicted molar refractivity (Wildman–Crippen MR) is 172 cm³/mol. The van der Waals surface area contributed by atoms with Gasteiger partial charge in [0, 0.05) is 47.1 Å². The third kappa shape index (κ3) is 7.41. The fourth-order valence-electron chi connectivity index (χ4n) is 4.69. The Morgan fingerprint density at radius 3 is 1.86 bits per heavy atom. The second-order valence-corrected chi connectivity index (χ2v) is 11.1. The minimum Gasteiger partial charge on any atom is -0.503 e. The van der Waals surface area contributed by atoms with Crippen molar-refractivity contribution in [3.8, 4) is 34.4 Å².